The molecule has 7 nitrogen and oxygen atoms in total. The van der Waals surface area contributed by atoms with Gasteiger partial charge in [-0.3, -0.25) is 9.58 Å². The van der Waals surface area contributed by atoms with Crippen LogP contribution in [0.15, 0.2) is 48.7 Å². The van der Waals surface area contributed by atoms with Crippen LogP contribution < -0.4 is 9.80 Å². The zero-order valence-corrected chi connectivity index (χ0v) is 24.1. The van der Waals surface area contributed by atoms with Crippen LogP contribution in [0.3, 0.4) is 0 Å². The van der Waals surface area contributed by atoms with Gasteiger partial charge in [0.1, 0.15) is 11.3 Å². The number of piperazine rings is 1. The molecule has 1 unspecified atom stereocenters. The first-order valence-electron chi connectivity index (χ1n) is 14.2. The summed E-state index contributed by atoms with van der Waals surface area (Å²) in [7, 11) is 0. The first kappa shape index (κ1) is 30.2. The topological polar surface area (TPSA) is 53.8 Å². The lowest BCUT2D eigenvalue weighted by atomic mass is 9.99. The Morgan fingerprint density at radius 1 is 1.02 bits per heavy atom. The van der Waals surface area contributed by atoms with Crippen molar-refractivity contribution >= 4 is 28.9 Å². The van der Waals surface area contributed by atoms with Crippen LogP contribution in [0.5, 0.6) is 0 Å². The molecule has 2 fully saturated rings. The number of piperidine rings is 1. The molecule has 1 aromatic heterocycles. The zero-order chi connectivity index (χ0) is 29.8. The average Bonchev–Trinajstić information content (AvgIpc) is 3.44. The summed E-state index contributed by atoms with van der Waals surface area (Å²) in [5, 5.41) is 4.76. The van der Waals surface area contributed by atoms with Crippen LogP contribution in [0.1, 0.15) is 48.3 Å². The number of rotatable bonds is 9. The highest BCUT2D eigenvalue weighted by atomic mass is 35.5. The molecule has 0 radical (unpaired) electrons. The second-order valence-corrected chi connectivity index (χ2v) is 11.0. The van der Waals surface area contributed by atoms with E-state index in [9.17, 15) is 22.4 Å². The number of esters is 1. The predicted octanol–water partition coefficient (Wildman–Crippen LogP) is 6.55. The Balaban J connectivity index is 1.36. The molecule has 2 aromatic carbocycles. The van der Waals surface area contributed by atoms with Gasteiger partial charge in [0.05, 0.1) is 25.4 Å². The summed E-state index contributed by atoms with van der Waals surface area (Å²) in [5.41, 5.74) is 3.22. The lowest BCUT2D eigenvalue weighted by molar-refractivity contribution is 0.0512. The van der Waals surface area contributed by atoms with Gasteiger partial charge in [-0.2, -0.15) is 5.10 Å². The highest BCUT2D eigenvalue weighted by molar-refractivity contribution is 6.31. The molecular formula is C30H34ClF4N5O2. The van der Waals surface area contributed by atoms with E-state index in [-0.39, 0.29) is 24.8 Å². The number of benzene rings is 2. The number of ether oxygens (including phenoxy) is 1. The number of halogens is 5. The van der Waals surface area contributed by atoms with E-state index in [2.05, 4.69) is 14.9 Å². The van der Waals surface area contributed by atoms with Crippen LogP contribution in [0.25, 0.3) is 11.1 Å². The van der Waals surface area contributed by atoms with Crippen LogP contribution in [0.2, 0.25) is 5.02 Å². The third kappa shape index (κ3) is 6.67. The van der Waals surface area contributed by atoms with Crippen molar-refractivity contribution in [2.24, 2.45) is 0 Å². The Morgan fingerprint density at radius 2 is 1.76 bits per heavy atom. The van der Waals surface area contributed by atoms with Crippen molar-refractivity contribution in [3.8, 4) is 11.1 Å². The molecule has 42 heavy (non-hydrogen) atoms. The van der Waals surface area contributed by atoms with Gasteiger partial charge < -0.3 is 14.5 Å². The molecule has 0 amide bonds. The smallest absolute Gasteiger partial charge is 0.341 e. The first-order chi connectivity index (χ1) is 20.2. The van der Waals surface area contributed by atoms with Gasteiger partial charge in [0.15, 0.2) is 0 Å². The maximum absolute atomic E-state index is 14.1. The molecule has 12 heteroatoms. The van der Waals surface area contributed by atoms with Gasteiger partial charge in [-0.25, -0.2) is 22.4 Å². The monoisotopic (exact) mass is 607 g/mol. The molecule has 0 bridgehead atoms. The second-order valence-electron chi connectivity index (χ2n) is 10.5. The fourth-order valence-electron chi connectivity index (χ4n) is 5.87. The molecule has 2 aliphatic heterocycles. The van der Waals surface area contributed by atoms with Gasteiger partial charge in [0.2, 0.25) is 0 Å². The fraction of sp³-hybridized carbons (Fsp3) is 0.467. The lowest BCUT2D eigenvalue weighted by Gasteiger charge is -2.36. The SMILES string of the molecule is CCOC(=O)c1cnn(C2CCCN(c3cc(Cl)ccc3-c3ccc(N4CCN(CC(F)F)CC4)cc3)C2)c1C(F)F. The molecule has 0 N–H and O–H groups in total. The van der Waals surface area contributed by atoms with Crippen molar-refractivity contribution in [2.45, 2.75) is 38.7 Å². The summed E-state index contributed by atoms with van der Waals surface area (Å²) in [6.07, 6.45) is -2.66. The Hall–Kier alpha value is -3.31. The molecule has 5 rings (SSSR count). The van der Waals surface area contributed by atoms with E-state index < -0.39 is 24.5 Å². The van der Waals surface area contributed by atoms with Gasteiger partial charge in [-0.15, -0.1) is 0 Å². The molecule has 3 aromatic rings. The normalized spacial score (nSPS) is 18.2. The van der Waals surface area contributed by atoms with Crippen molar-refractivity contribution in [3.05, 3.63) is 64.9 Å². The van der Waals surface area contributed by atoms with Crippen molar-refractivity contribution in [1.29, 1.82) is 0 Å². The van der Waals surface area contributed by atoms with E-state index in [1.165, 1.54) is 10.9 Å². The molecular weight excluding hydrogens is 574 g/mol. The number of anilines is 2. The van der Waals surface area contributed by atoms with E-state index in [0.717, 1.165) is 28.9 Å². The van der Waals surface area contributed by atoms with E-state index >= 15 is 0 Å². The van der Waals surface area contributed by atoms with Crippen molar-refractivity contribution < 1.29 is 27.1 Å². The summed E-state index contributed by atoms with van der Waals surface area (Å²) in [6.45, 7) is 5.18. The third-order valence-electron chi connectivity index (χ3n) is 7.89. The predicted molar refractivity (Wildman–Crippen MR) is 155 cm³/mol. The minimum absolute atomic E-state index is 0.0837. The standard InChI is InChI=1S/C30H34ClF4N5O2/c1-2-42-30(41)25-17-36-40(28(25)29(34)35)23-4-3-11-39(18-23)26-16-21(31)7-10-24(26)20-5-8-22(9-6-20)38-14-12-37(13-15-38)19-27(32)33/h5-10,16-17,23,27,29H,2-4,11-15,18-19H2,1H3. The quantitative estimate of drug-likeness (QED) is 0.203. The van der Waals surface area contributed by atoms with Gasteiger partial charge in [0.25, 0.3) is 12.9 Å². The number of carbonyl (C=O) groups excluding carboxylic acids is 1. The number of alkyl halides is 4. The third-order valence-corrected chi connectivity index (χ3v) is 8.13. The number of nitrogens with zero attached hydrogens (tertiary/aromatic N) is 5. The highest BCUT2D eigenvalue weighted by Gasteiger charge is 2.32. The Labute approximate surface area is 247 Å². The summed E-state index contributed by atoms with van der Waals surface area (Å²) in [5.74, 6) is -0.803. The number of carbonyl (C=O) groups is 1. The van der Waals surface area contributed by atoms with Crippen LogP contribution in [0, 0.1) is 0 Å². The molecule has 0 saturated carbocycles. The van der Waals surface area contributed by atoms with E-state index in [1.807, 2.05) is 42.5 Å². The summed E-state index contributed by atoms with van der Waals surface area (Å²) in [6, 6.07) is 13.4. The van der Waals surface area contributed by atoms with Crippen LogP contribution in [0.4, 0.5) is 28.9 Å². The van der Waals surface area contributed by atoms with Crippen molar-refractivity contribution in [1.82, 2.24) is 14.7 Å². The highest BCUT2D eigenvalue weighted by Crippen LogP contribution is 2.38. The zero-order valence-electron chi connectivity index (χ0n) is 23.4. The lowest BCUT2D eigenvalue weighted by Crippen LogP contribution is -2.47. The van der Waals surface area contributed by atoms with E-state index in [4.69, 9.17) is 16.3 Å². The minimum atomic E-state index is -2.88. The average molecular weight is 608 g/mol. The molecule has 2 aliphatic rings. The Kier molecular flexibility index (Phi) is 9.57. The number of hydrogen-bond donors (Lipinski definition) is 0. The van der Waals surface area contributed by atoms with Crippen LogP contribution in [-0.2, 0) is 4.74 Å². The summed E-state index contributed by atoms with van der Waals surface area (Å²) in [4.78, 5) is 18.4. The fourth-order valence-corrected chi connectivity index (χ4v) is 6.03. The van der Waals surface area contributed by atoms with Gasteiger partial charge in [-0.05, 0) is 49.6 Å². The Bertz CT molecular complexity index is 1360. The molecule has 2 saturated heterocycles. The number of aromatic nitrogens is 2. The first-order valence-corrected chi connectivity index (χ1v) is 14.6. The summed E-state index contributed by atoms with van der Waals surface area (Å²) < 4.78 is 60.0. The van der Waals surface area contributed by atoms with E-state index in [1.54, 1.807) is 11.8 Å². The van der Waals surface area contributed by atoms with Crippen LogP contribution >= 0.6 is 11.6 Å². The minimum Gasteiger partial charge on any atom is -0.462 e. The van der Waals surface area contributed by atoms with Gasteiger partial charge in [-0.1, -0.05) is 29.8 Å². The largest absolute Gasteiger partial charge is 0.462 e. The van der Waals surface area contributed by atoms with Crippen molar-refractivity contribution in [2.75, 3.05) is 62.2 Å². The second kappa shape index (κ2) is 13.3. The van der Waals surface area contributed by atoms with Crippen molar-refractivity contribution in [3.63, 3.8) is 0 Å². The maximum Gasteiger partial charge on any atom is 0.341 e. The van der Waals surface area contributed by atoms with Crippen LogP contribution in [-0.4, -0.2) is 79.5 Å². The maximum atomic E-state index is 14.1. The molecule has 0 aliphatic carbocycles. The molecule has 0 spiro atoms. The molecule has 3 heterocycles. The molecule has 1 atom stereocenters. The summed E-state index contributed by atoms with van der Waals surface area (Å²) >= 11 is 6.43. The van der Waals surface area contributed by atoms with E-state index in [0.29, 0.717) is 50.7 Å². The number of hydrogen-bond acceptors (Lipinski definition) is 6. The Morgan fingerprint density at radius 3 is 2.43 bits per heavy atom. The molecule has 226 valence electrons. The van der Waals surface area contributed by atoms with Gasteiger partial charge in [0, 0.05) is 61.2 Å². The van der Waals surface area contributed by atoms with Gasteiger partial charge >= 0.3 is 5.97 Å².